The Labute approximate surface area is 165 Å². The van der Waals surface area contributed by atoms with E-state index in [9.17, 15) is 9.59 Å². The molecule has 1 heterocycles. The SMILES string of the molecule is CCN(C(=O)c1cncc(C(=O)Nc2ccc(C)c(C)c2)c1)c1ccccc1. The Morgan fingerprint density at radius 2 is 1.64 bits per heavy atom. The summed E-state index contributed by atoms with van der Waals surface area (Å²) in [5.41, 5.74) is 4.49. The standard InChI is InChI=1S/C23H23N3O2/c1-4-26(21-8-6-5-7-9-21)23(28)19-13-18(14-24-15-19)22(27)25-20-11-10-16(2)17(3)12-20/h5-15H,4H2,1-3H3,(H,25,27). The van der Waals surface area contributed by atoms with Crippen LogP contribution in [0.4, 0.5) is 11.4 Å². The molecule has 0 atom stereocenters. The summed E-state index contributed by atoms with van der Waals surface area (Å²) in [4.78, 5) is 31.3. The fraction of sp³-hybridized carbons (Fsp3) is 0.174. The topological polar surface area (TPSA) is 62.3 Å². The lowest BCUT2D eigenvalue weighted by Crippen LogP contribution is -2.31. The summed E-state index contributed by atoms with van der Waals surface area (Å²) in [7, 11) is 0. The van der Waals surface area contributed by atoms with Gasteiger partial charge in [0.25, 0.3) is 11.8 Å². The Balaban J connectivity index is 1.81. The molecule has 0 saturated carbocycles. The summed E-state index contributed by atoms with van der Waals surface area (Å²) in [6.45, 7) is 6.44. The lowest BCUT2D eigenvalue weighted by molar-refractivity contribution is 0.0988. The van der Waals surface area contributed by atoms with Gasteiger partial charge in [0.05, 0.1) is 11.1 Å². The van der Waals surface area contributed by atoms with Gasteiger partial charge in [-0.25, -0.2) is 0 Å². The monoisotopic (exact) mass is 373 g/mol. The van der Waals surface area contributed by atoms with E-state index in [0.29, 0.717) is 23.4 Å². The van der Waals surface area contributed by atoms with Gasteiger partial charge < -0.3 is 10.2 Å². The smallest absolute Gasteiger partial charge is 0.259 e. The third-order valence-corrected chi connectivity index (χ3v) is 4.64. The van der Waals surface area contributed by atoms with Crippen LogP contribution >= 0.6 is 0 Å². The predicted molar refractivity (Wildman–Crippen MR) is 112 cm³/mol. The molecule has 0 aliphatic carbocycles. The van der Waals surface area contributed by atoms with Crippen molar-refractivity contribution in [3.05, 3.63) is 89.2 Å². The zero-order valence-corrected chi connectivity index (χ0v) is 16.3. The highest BCUT2D eigenvalue weighted by atomic mass is 16.2. The zero-order valence-electron chi connectivity index (χ0n) is 16.3. The summed E-state index contributed by atoms with van der Waals surface area (Å²) in [5, 5.41) is 2.86. The first-order valence-electron chi connectivity index (χ1n) is 9.20. The molecule has 0 fully saturated rings. The number of amides is 2. The van der Waals surface area contributed by atoms with E-state index in [1.165, 1.54) is 12.4 Å². The Bertz CT molecular complexity index is 1000. The number of aryl methyl sites for hydroxylation is 2. The summed E-state index contributed by atoms with van der Waals surface area (Å²) < 4.78 is 0. The number of anilines is 2. The predicted octanol–water partition coefficient (Wildman–Crippen LogP) is 4.62. The average Bonchev–Trinajstić information content (AvgIpc) is 2.72. The fourth-order valence-corrected chi connectivity index (χ4v) is 2.91. The number of carbonyl (C=O) groups excluding carboxylic acids is 2. The van der Waals surface area contributed by atoms with Crippen LogP contribution in [0.5, 0.6) is 0 Å². The highest BCUT2D eigenvalue weighted by Crippen LogP contribution is 2.18. The van der Waals surface area contributed by atoms with Crippen LogP contribution in [0.1, 0.15) is 38.8 Å². The second kappa shape index (κ2) is 8.48. The molecule has 2 aromatic carbocycles. The number of nitrogens with zero attached hydrogens (tertiary/aromatic N) is 2. The maximum absolute atomic E-state index is 12.9. The quantitative estimate of drug-likeness (QED) is 0.710. The van der Waals surface area contributed by atoms with Crippen LogP contribution < -0.4 is 10.2 Å². The van der Waals surface area contributed by atoms with Gasteiger partial charge in [-0.3, -0.25) is 14.6 Å². The summed E-state index contributed by atoms with van der Waals surface area (Å²) in [6, 6.07) is 16.8. The van der Waals surface area contributed by atoms with E-state index in [1.807, 2.05) is 69.3 Å². The normalized spacial score (nSPS) is 10.4. The third kappa shape index (κ3) is 4.26. The van der Waals surface area contributed by atoms with Crippen LogP contribution in [-0.2, 0) is 0 Å². The van der Waals surface area contributed by atoms with Crippen molar-refractivity contribution in [1.29, 1.82) is 0 Å². The molecular formula is C23H23N3O2. The molecule has 3 rings (SSSR count). The fourth-order valence-electron chi connectivity index (χ4n) is 2.91. The van der Waals surface area contributed by atoms with Gasteiger partial charge >= 0.3 is 0 Å². The van der Waals surface area contributed by atoms with Crippen LogP contribution in [0.25, 0.3) is 0 Å². The highest BCUT2D eigenvalue weighted by molar-refractivity contribution is 6.09. The van der Waals surface area contributed by atoms with E-state index < -0.39 is 0 Å². The van der Waals surface area contributed by atoms with Crippen molar-refractivity contribution in [1.82, 2.24) is 4.98 Å². The minimum absolute atomic E-state index is 0.193. The molecule has 0 spiro atoms. The first-order chi connectivity index (χ1) is 13.5. The lowest BCUT2D eigenvalue weighted by Gasteiger charge is -2.21. The maximum Gasteiger partial charge on any atom is 0.259 e. The molecule has 5 heteroatoms. The molecule has 0 radical (unpaired) electrons. The van der Waals surface area contributed by atoms with E-state index in [2.05, 4.69) is 10.3 Å². The second-order valence-electron chi connectivity index (χ2n) is 6.60. The van der Waals surface area contributed by atoms with Gasteiger partial charge in [0.15, 0.2) is 0 Å². The number of nitrogens with one attached hydrogen (secondary N) is 1. The number of rotatable bonds is 5. The van der Waals surface area contributed by atoms with Crippen LogP contribution in [-0.4, -0.2) is 23.3 Å². The number of aromatic nitrogens is 1. The van der Waals surface area contributed by atoms with Gasteiger partial charge in [-0.15, -0.1) is 0 Å². The van der Waals surface area contributed by atoms with Gasteiger partial charge in [0.2, 0.25) is 0 Å². The summed E-state index contributed by atoms with van der Waals surface area (Å²) in [6.07, 6.45) is 2.95. The summed E-state index contributed by atoms with van der Waals surface area (Å²) in [5.74, 6) is -0.491. The average molecular weight is 373 g/mol. The summed E-state index contributed by atoms with van der Waals surface area (Å²) >= 11 is 0. The minimum Gasteiger partial charge on any atom is -0.322 e. The van der Waals surface area contributed by atoms with Gasteiger partial charge in [0.1, 0.15) is 0 Å². The van der Waals surface area contributed by atoms with Gasteiger partial charge in [-0.05, 0) is 62.2 Å². The second-order valence-corrected chi connectivity index (χ2v) is 6.60. The van der Waals surface area contributed by atoms with Crippen molar-refractivity contribution >= 4 is 23.2 Å². The molecule has 1 N–H and O–H groups in total. The molecule has 142 valence electrons. The Kier molecular flexibility index (Phi) is 5.84. The zero-order chi connectivity index (χ0) is 20.1. The molecule has 0 unspecified atom stereocenters. The molecule has 0 aliphatic heterocycles. The van der Waals surface area contributed by atoms with Crippen molar-refractivity contribution in [2.75, 3.05) is 16.8 Å². The number of benzene rings is 2. The van der Waals surface area contributed by atoms with Crippen molar-refractivity contribution < 1.29 is 9.59 Å². The van der Waals surface area contributed by atoms with Crippen molar-refractivity contribution in [3.63, 3.8) is 0 Å². The lowest BCUT2D eigenvalue weighted by atomic mass is 10.1. The molecule has 1 aromatic heterocycles. The van der Waals surface area contributed by atoms with E-state index in [4.69, 9.17) is 0 Å². The van der Waals surface area contributed by atoms with Crippen LogP contribution in [0.2, 0.25) is 0 Å². The van der Waals surface area contributed by atoms with E-state index in [1.54, 1.807) is 11.0 Å². The van der Waals surface area contributed by atoms with Gasteiger partial charge in [-0.2, -0.15) is 0 Å². The Morgan fingerprint density at radius 3 is 2.32 bits per heavy atom. The van der Waals surface area contributed by atoms with Crippen molar-refractivity contribution in [3.8, 4) is 0 Å². The molecule has 28 heavy (non-hydrogen) atoms. The number of carbonyl (C=O) groups is 2. The first-order valence-corrected chi connectivity index (χ1v) is 9.20. The third-order valence-electron chi connectivity index (χ3n) is 4.64. The number of hydrogen-bond acceptors (Lipinski definition) is 3. The van der Waals surface area contributed by atoms with E-state index in [-0.39, 0.29) is 11.8 Å². The molecule has 3 aromatic rings. The van der Waals surface area contributed by atoms with E-state index >= 15 is 0 Å². The van der Waals surface area contributed by atoms with Gasteiger partial charge in [0, 0.05) is 30.3 Å². The minimum atomic E-state index is -0.298. The maximum atomic E-state index is 12.9. The van der Waals surface area contributed by atoms with E-state index in [0.717, 1.165) is 16.8 Å². The van der Waals surface area contributed by atoms with Crippen LogP contribution in [0.3, 0.4) is 0 Å². The molecule has 2 amide bonds. The molecule has 0 saturated heterocycles. The van der Waals surface area contributed by atoms with Crippen LogP contribution in [0, 0.1) is 13.8 Å². The molecular weight excluding hydrogens is 350 g/mol. The highest BCUT2D eigenvalue weighted by Gasteiger charge is 2.18. The van der Waals surface area contributed by atoms with Crippen molar-refractivity contribution in [2.24, 2.45) is 0 Å². The first kappa shape index (κ1) is 19.3. The molecule has 5 nitrogen and oxygen atoms in total. The van der Waals surface area contributed by atoms with Crippen LogP contribution in [0.15, 0.2) is 67.0 Å². The van der Waals surface area contributed by atoms with Crippen molar-refractivity contribution in [2.45, 2.75) is 20.8 Å². The number of para-hydroxylation sites is 1. The Morgan fingerprint density at radius 1 is 0.929 bits per heavy atom. The molecule has 0 bridgehead atoms. The largest absolute Gasteiger partial charge is 0.322 e. The molecule has 0 aliphatic rings. The number of hydrogen-bond donors (Lipinski definition) is 1. The van der Waals surface area contributed by atoms with Gasteiger partial charge in [-0.1, -0.05) is 24.3 Å². The number of pyridine rings is 1. The Hall–Kier alpha value is -3.47.